The SMILES string of the molecule is CCC1/C=C(\C)CC(C)CC(OC)C2OC(O)(C(=O)C(=O)N3CCCCC3C(=O)OC(C(C)=CC3CCC(OCc4cccc(-c5ncc[nH]5)c4)C(OC)C3)C(C)C(O)CC1=O)C(C)CC2OC. The fourth-order valence-corrected chi connectivity index (χ4v) is 11.0. The van der Waals surface area contributed by atoms with Crippen LogP contribution in [0.15, 0.2) is 60.0 Å². The second-order valence-corrected chi connectivity index (χ2v) is 20.1. The molecule has 0 radical (unpaired) electrons. The third-order valence-electron chi connectivity index (χ3n) is 15.0. The zero-order valence-electron chi connectivity index (χ0n) is 41.7. The fourth-order valence-electron chi connectivity index (χ4n) is 11.0. The molecule has 4 heterocycles. The summed E-state index contributed by atoms with van der Waals surface area (Å²) < 4.78 is 37.0. The molecule has 3 aliphatic heterocycles. The van der Waals surface area contributed by atoms with Gasteiger partial charge in [0.25, 0.3) is 11.7 Å². The highest BCUT2D eigenvalue weighted by molar-refractivity contribution is 6.39. The summed E-state index contributed by atoms with van der Waals surface area (Å²) in [5.41, 5.74) is 3.67. The number of imidazole rings is 1. The lowest BCUT2D eigenvalue weighted by Crippen LogP contribution is -2.64. The Morgan fingerprint density at radius 3 is 2.38 bits per heavy atom. The van der Waals surface area contributed by atoms with Crippen molar-refractivity contribution in [2.24, 2.45) is 29.6 Å². The van der Waals surface area contributed by atoms with Crippen LogP contribution in [0.2, 0.25) is 0 Å². The van der Waals surface area contributed by atoms with Crippen molar-refractivity contribution in [3.8, 4) is 11.4 Å². The largest absolute Gasteiger partial charge is 0.456 e. The van der Waals surface area contributed by atoms with Gasteiger partial charge in [-0.25, -0.2) is 9.78 Å². The molecule has 3 N–H and O–H groups in total. The minimum atomic E-state index is -2.51. The van der Waals surface area contributed by atoms with Gasteiger partial charge in [0.2, 0.25) is 5.79 Å². The lowest BCUT2D eigenvalue weighted by Gasteiger charge is -2.47. The van der Waals surface area contributed by atoms with Crippen LogP contribution in [0.4, 0.5) is 0 Å². The van der Waals surface area contributed by atoms with Gasteiger partial charge in [-0.2, -0.15) is 0 Å². The predicted octanol–water partition coefficient (Wildman–Crippen LogP) is 7.09. The molecule has 14 atom stereocenters. The first kappa shape index (κ1) is 53.3. The van der Waals surface area contributed by atoms with Gasteiger partial charge in [-0.3, -0.25) is 14.4 Å². The van der Waals surface area contributed by atoms with E-state index in [1.807, 2.05) is 45.0 Å². The molecule has 68 heavy (non-hydrogen) atoms. The molecular weight excluding hydrogens is 871 g/mol. The number of hydrogen-bond donors (Lipinski definition) is 3. The van der Waals surface area contributed by atoms with Crippen LogP contribution in [0.5, 0.6) is 0 Å². The fraction of sp³-hybridized carbons (Fsp3) is 0.679. The Bertz CT molecular complexity index is 2070. The summed E-state index contributed by atoms with van der Waals surface area (Å²) in [6.45, 7) is 11.8. The molecule has 0 spiro atoms. The highest BCUT2D eigenvalue weighted by Gasteiger charge is 2.56. The summed E-state index contributed by atoms with van der Waals surface area (Å²) in [6.07, 6.45) is 8.15. The average molecular weight is 948 g/mol. The van der Waals surface area contributed by atoms with E-state index in [2.05, 4.69) is 29.0 Å². The summed E-state index contributed by atoms with van der Waals surface area (Å²) in [6, 6.07) is 6.92. The number of aliphatic hydroxyl groups excluding tert-OH is 1. The maximum atomic E-state index is 14.6. The number of cyclic esters (lactones) is 1. The predicted molar refractivity (Wildman–Crippen MR) is 255 cm³/mol. The molecule has 2 saturated heterocycles. The zero-order chi connectivity index (χ0) is 49.3. The third kappa shape index (κ3) is 12.6. The van der Waals surface area contributed by atoms with Gasteiger partial charge in [0.1, 0.15) is 29.9 Å². The zero-order valence-corrected chi connectivity index (χ0v) is 41.7. The molecule has 15 heteroatoms. The van der Waals surface area contributed by atoms with Crippen LogP contribution in [-0.4, -0.2) is 131 Å². The normalized spacial score (nSPS) is 36.3. The number of nitrogens with zero attached hydrogens (tertiary/aromatic N) is 2. The number of ether oxygens (including phenoxy) is 6. The minimum absolute atomic E-state index is 0.0136. The van der Waals surface area contributed by atoms with Crippen molar-refractivity contribution in [3.63, 3.8) is 0 Å². The van der Waals surface area contributed by atoms with Crippen LogP contribution >= 0.6 is 0 Å². The number of ketones is 2. The Morgan fingerprint density at radius 2 is 1.69 bits per heavy atom. The summed E-state index contributed by atoms with van der Waals surface area (Å²) in [5.74, 6) is -6.73. The number of aromatic nitrogens is 2. The first-order valence-corrected chi connectivity index (χ1v) is 24.8. The second-order valence-electron chi connectivity index (χ2n) is 20.1. The van der Waals surface area contributed by atoms with Crippen LogP contribution < -0.4 is 0 Å². The van der Waals surface area contributed by atoms with Gasteiger partial charge in [0.05, 0.1) is 37.1 Å². The number of nitrogens with one attached hydrogen (secondary N) is 1. The molecule has 3 fully saturated rings. The number of carbonyl (C=O) groups is 4. The van der Waals surface area contributed by atoms with Gasteiger partial charge >= 0.3 is 5.97 Å². The molecule has 15 nitrogen and oxygen atoms in total. The van der Waals surface area contributed by atoms with E-state index >= 15 is 0 Å². The Labute approximate surface area is 402 Å². The van der Waals surface area contributed by atoms with Crippen molar-refractivity contribution in [3.05, 3.63) is 65.5 Å². The van der Waals surface area contributed by atoms with Crippen LogP contribution in [0.25, 0.3) is 11.4 Å². The molecule has 1 aromatic heterocycles. The second kappa shape index (κ2) is 24.2. The topological polar surface area (TPSA) is 196 Å². The molecule has 2 bridgehead atoms. The number of piperidine rings is 1. The molecule has 4 aliphatic rings. The smallest absolute Gasteiger partial charge is 0.329 e. The number of rotatable bonds is 10. The van der Waals surface area contributed by atoms with E-state index in [1.54, 1.807) is 33.4 Å². The van der Waals surface area contributed by atoms with Crippen molar-refractivity contribution in [2.75, 3.05) is 27.9 Å². The number of fused-ring (bicyclic) bond motifs is 3. The molecule has 376 valence electrons. The number of hydrogen-bond acceptors (Lipinski definition) is 13. The maximum Gasteiger partial charge on any atom is 0.329 e. The van der Waals surface area contributed by atoms with Gasteiger partial charge in [-0.05, 0) is 107 Å². The van der Waals surface area contributed by atoms with Crippen molar-refractivity contribution in [1.29, 1.82) is 0 Å². The van der Waals surface area contributed by atoms with E-state index in [1.165, 1.54) is 19.1 Å². The molecule has 1 aliphatic carbocycles. The Hall–Kier alpha value is -4.09. The number of benzene rings is 1. The lowest BCUT2D eigenvalue weighted by molar-refractivity contribution is -0.302. The molecule has 1 aromatic carbocycles. The number of allylic oxidation sites excluding steroid dienone is 3. The molecule has 14 unspecified atom stereocenters. The van der Waals surface area contributed by atoms with Gasteiger partial charge in [-0.1, -0.05) is 63.6 Å². The van der Waals surface area contributed by atoms with Crippen LogP contribution in [0.3, 0.4) is 0 Å². The van der Waals surface area contributed by atoms with E-state index in [4.69, 9.17) is 28.4 Å². The quantitative estimate of drug-likeness (QED) is 0.124. The van der Waals surface area contributed by atoms with Crippen LogP contribution in [-0.2, 0) is 54.2 Å². The van der Waals surface area contributed by atoms with E-state index in [0.29, 0.717) is 57.1 Å². The van der Waals surface area contributed by atoms with Crippen LogP contribution in [0, 0.1) is 29.6 Å². The number of Topliss-reactive ketones (excluding diaryl/α,β-unsaturated/α-hetero) is 2. The standard InChI is InChI=1S/C53H77N3O12/c1-10-38-23-31(2)22-32(3)24-45(64-8)48-46(65-9)26-34(5)53(62,68-48)49(59)51(60)56-21-12-11-16-40(56)52(61)67-47(35(6)41(57)29-42(38)58)33(4)25-36-17-18-43(44(28-36)63-7)66-30-37-14-13-15-39(27-37)50-54-19-20-55-50/h13-15,19-20,23,25,27,32,34-36,38,40-41,43-48,57,62H,10-12,16-18,21-22,24,26,28-30H2,1-9H3,(H,54,55)/b31-23+,33-25?. The van der Waals surface area contributed by atoms with Gasteiger partial charge in [0, 0.05) is 70.0 Å². The van der Waals surface area contributed by atoms with Crippen molar-refractivity contribution in [2.45, 2.75) is 173 Å². The number of esters is 1. The molecule has 1 saturated carbocycles. The summed E-state index contributed by atoms with van der Waals surface area (Å²) in [4.78, 5) is 66.1. The third-order valence-corrected chi connectivity index (χ3v) is 15.0. The number of amides is 1. The number of aliphatic hydroxyl groups is 2. The molecule has 1 amide bonds. The summed E-state index contributed by atoms with van der Waals surface area (Å²) in [5, 5.41) is 24.0. The van der Waals surface area contributed by atoms with Crippen LogP contribution in [0.1, 0.15) is 118 Å². The van der Waals surface area contributed by atoms with Gasteiger partial charge < -0.3 is 48.5 Å². The molecule has 6 rings (SSSR count). The first-order chi connectivity index (χ1) is 32.5. The van der Waals surface area contributed by atoms with Gasteiger partial charge in [-0.15, -0.1) is 0 Å². The maximum absolute atomic E-state index is 14.6. The molecule has 2 aromatic rings. The summed E-state index contributed by atoms with van der Waals surface area (Å²) >= 11 is 0. The Balaban J connectivity index is 1.27. The monoisotopic (exact) mass is 948 g/mol. The van der Waals surface area contributed by atoms with Crippen molar-refractivity contribution < 1.29 is 57.8 Å². The van der Waals surface area contributed by atoms with Crippen molar-refractivity contribution >= 4 is 23.4 Å². The highest BCUT2D eigenvalue weighted by Crippen LogP contribution is 2.39. The van der Waals surface area contributed by atoms with E-state index in [-0.39, 0.29) is 55.6 Å². The number of H-pyrrole nitrogens is 1. The Morgan fingerprint density at radius 1 is 0.956 bits per heavy atom. The minimum Gasteiger partial charge on any atom is -0.456 e. The molecular formula is C53H77N3O12. The average Bonchev–Trinajstić information content (AvgIpc) is 3.89. The first-order valence-electron chi connectivity index (χ1n) is 24.8. The van der Waals surface area contributed by atoms with E-state index in [0.717, 1.165) is 28.9 Å². The van der Waals surface area contributed by atoms with E-state index < -0.39 is 77.8 Å². The van der Waals surface area contributed by atoms with Gasteiger partial charge in [0.15, 0.2) is 0 Å². The Kier molecular flexibility index (Phi) is 18.9. The lowest BCUT2D eigenvalue weighted by atomic mass is 9.81. The number of carbonyl (C=O) groups excluding carboxylic acids is 4. The van der Waals surface area contributed by atoms with E-state index in [9.17, 15) is 29.4 Å². The number of methoxy groups -OCH3 is 3. The summed E-state index contributed by atoms with van der Waals surface area (Å²) in [7, 11) is 4.76. The number of aromatic amines is 1. The highest BCUT2D eigenvalue weighted by atomic mass is 16.7. The van der Waals surface area contributed by atoms with Crippen molar-refractivity contribution in [1.82, 2.24) is 14.9 Å².